The monoisotopic (exact) mass is 566 g/mol. The Morgan fingerprint density at radius 2 is 0.975 bits per heavy atom. The topological polar surface area (TPSA) is 65.0 Å². The Morgan fingerprint density at radius 1 is 0.550 bits per heavy atom. The van der Waals surface area contributed by atoms with Crippen molar-refractivity contribution in [3.05, 3.63) is 82.9 Å². The smallest absolute Gasteiger partial charge is 0.508 e. The molecule has 5 nitrogen and oxygen atoms in total. The van der Waals surface area contributed by atoms with E-state index in [1.165, 1.54) is 12.1 Å². The highest BCUT2D eigenvalue weighted by Crippen LogP contribution is 2.53. The average molecular weight is 567 g/mol. The summed E-state index contributed by atoms with van der Waals surface area (Å²) < 4.78 is 33.1. The van der Waals surface area contributed by atoms with Gasteiger partial charge in [0.05, 0.1) is 0 Å². The fourth-order valence-corrected chi connectivity index (χ4v) is 5.57. The maximum Gasteiger partial charge on any atom is 0.647 e. The van der Waals surface area contributed by atoms with Crippen LogP contribution < -0.4 is 13.6 Å². The van der Waals surface area contributed by atoms with Gasteiger partial charge >= 0.3 is 7.82 Å². The highest BCUT2D eigenvalue weighted by atomic mass is 31.2. The lowest BCUT2D eigenvalue weighted by molar-refractivity contribution is 0.292. The van der Waals surface area contributed by atoms with Crippen LogP contribution in [0.25, 0.3) is 0 Å². The van der Waals surface area contributed by atoms with Crippen LogP contribution in [0.1, 0.15) is 105 Å². The van der Waals surface area contributed by atoms with Gasteiger partial charge in [-0.05, 0) is 57.1 Å². The number of phosphoric acid groups is 1. The Hall–Kier alpha value is -2.91. The number of phosphoric ester groups is 1. The van der Waals surface area contributed by atoms with Gasteiger partial charge < -0.3 is 18.7 Å². The minimum atomic E-state index is -4.32. The Labute approximate surface area is 241 Å². The lowest BCUT2D eigenvalue weighted by Gasteiger charge is -2.30. The van der Waals surface area contributed by atoms with Gasteiger partial charge in [-0.2, -0.15) is 4.57 Å². The Morgan fingerprint density at radius 3 is 1.32 bits per heavy atom. The van der Waals surface area contributed by atoms with Gasteiger partial charge in [-0.15, -0.1) is 0 Å². The van der Waals surface area contributed by atoms with E-state index < -0.39 is 7.82 Å². The van der Waals surface area contributed by atoms with Crippen molar-refractivity contribution < 1.29 is 23.2 Å². The van der Waals surface area contributed by atoms with E-state index in [9.17, 15) is 9.67 Å². The number of phenols is 1. The molecule has 0 heterocycles. The van der Waals surface area contributed by atoms with E-state index in [0.29, 0.717) is 11.5 Å². The molecule has 0 aliphatic heterocycles. The van der Waals surface area contributed by atoms with Crippen molar-refractivity contribution in [3.8, 4) is 23.0 Å². The van der Waals surface area contributed by atoms with E-state index in [2.05, 4.69) is 95.2 Å². The zero-order valence-corrected chi connectivity index (χ0v) is 27.2. The summed E-state index contributed by atoms with van der Waals surface area (Å²) in [6.07, 6.45) is 0. The third-order valence-electron chi connectivity index (χ3n) is 6.76. The molecule has 218 valence electrons. The number of hydrogen-bond acceptors (Lipinski definition) is 5. The van der Waals surface area contributed by atoms with E-state index in [-0.39, 0.29) is 33.2 Å². The Balaban J connectivity index is 2.18. The molecule has 6 heteroatoms. The van der Waals surface area contributed by atoms with Gasteiger partial charge in [0.15, 0.2) is 0 Å². The quantitative estimate of drug-likeness (QED) is 0.301. The summed E-state index contributed by atoms with van der Waals surface area (Å²) in [6, 6.07) is 18.0. The van der Waals surface area contributed by atoms with E-state index in [4.69, 9.17) is 13.6 Å². The zero-order chi connectivity index (χ0) is 30.3. The molecule has 0 atom stereocenters. The zero-order valence-electron chi connectivity index (χ0n) is 26.3. The summed E-state index contributed by atoms with van der Waals surface area (Å²) in [6.45, 7) is 25.5. The van der Waals surface area contributed by atoms with E-state index in [0.717, 1.165) is 22.3 Å². The molecule has 0 bridgehead atoms. The second-order valence-electron chi connectivity index (χ2n) is 14.6. The molecular weight excluding hydrogens is 519 g/mol. The summed E-state index contributed by atoms with van der Waals surface area (Å²) in [5.41, 5.74) is 3.30. The van der Waals surface area contributed by atoms with Crippen LogP contribution in [0, 0.1) is 0 Å². The maximum atomic E-state index is 14.6. The SMILES string of the molecule is CC(C)(C)c1ccc(OP(=O)(Oc2cccc(O)c2)Oc2ccc(C(C)(C)C)cc2C(C)(C)C)c(C(C)(C)C)c1. The van der Waals surface area contributed by atoms with E-state index in [1.54, 1.807) is 12.1 Å². The third kappa shape index (κ3) is 7.85. The van der Waals surface area contributed by atoms with Gasteiger partial charge in [-0.3, -0.25) is 0 Å². The predicted octanol–water partition coefficient (Wildman–Crippen LogP) is 10.2. The number of benzene rings is 3. The second kappa shape index (κ2) is 10.8. The molecule has 0 aromatic heterocycles. The molecular formula is C34H47O5P. The fraction of sp³-hybridized carbons (Fsp3) is 0.471. The first-order valence-electron chi connectivity index (χ1n) is 13.9. The number of hydrogen-bond donors (Lipinski definition) is 1. The largest absolute Gasteiger partial charge is 0.647 e. The van der Waals surface area contributed by atoms with E-state index >= 15 is 0 Å². The number of rotatable bonds is 6. The van der Waals surface area contributed by atoms with Crippen molar-refractivity contribution in [2.45, 2.75) is 105 Å². The van der Waals surface area contributed by atoms with E-state index in [1.807, 2.05) is 24.3 Å². The highest BCUT2D eigenvalue weighted by molar-refractivity contribution is 7.49. The molecule has 0 saturated heterocycles. The van der Waals surface area contributed by atoms with Crippen molar-refractivity contribution in [2.24, 2.45) is 0 Å². The van der Waals surface area contributed by atoms with Crippen LogP contribution in [0.15, 0.2) is 60.7 Å². The molecule has 40 heavy (non-hydrogen) atoms. The van der Waals surface area contributed by atoms with Gasteiger partial charge in [0.2, 0.25) is 0 Å². The van der Waals surface area contributed by atoms with Crippen LogP contribution in [0.5, 0.6) is 23.0 Å². The fourth-order valence-electron chi connectivity index (χ4n) is 4.29. The molecule has 3 aromatic carbocycles. The molecule has 1 N–H and O–H groups in total. The van der Waals surface area contributed by atoms with Gasteiger partial charge in [0.25, 0.3) is 0 Å². The summed E-state index contributed by atoms with van der Waals surface area (Å²) in [4.78, 5) is 0. The standard InChI is InChI=1S/C34H47O5P/c1-31(2,3)23-16-18-29(27(20-23)33(7,8)9)38-40(36,37-26-15-13-14-25(35)22-26)39-30-19-17-24(32(4,5)6)21-28(30)34(10,11)12/h13-22,35H,1-12H3. The normalized spacial score (nSPS) is 13.2. The lowest BCUT2D eigenvalue weighted by atomic mass is 9.80. The lowest BCUT2D eigenvalue weighted by Crippen LogP contribution is -2.20. The molecule has 3 aromatic rings. The third-order valence-corrected chi connectivity index (χ3v) is 8.04. The highest BCUT2D eigenvalue weighted by Gasteiger charge is 2.38. The number of aromatic hydroxyl groups is 1. The molecule has 0 saturated carbocycles. The Kier molecular flexibility index (Phi) is 8.55. The van der Waals surface area contributed by atoms with Gasteiger partial charge in [0, 0.05) is 17.2 Å². The van der Waals surface area contributed by atoms with Crippen LogP contribution in [-0.2, 0) is 26.2 Å². The summed E-state index contributed by atoms with van der Waals surface area (Å²) >= 11 is 0. The van der Waals surface area contributed by atoms with Crippen LogP contribution in [0.2, 0.25) is 0 Å². The van der Waals surface area contributed by atoms with Gasteiger partial charge in [-0.1, -0.05) is 113 Å². The first kappa shape index (κ1) is 31.6. The van der Waals surface area contributed by atoms with Crippen molar-refractivity contribution in [1.29, 1.82) is 0 Å². The molecule has 3 rings (SSSR count). The summed E-state index contributed by atoms with van der Waals surface area (Å²) in [7, 11) is -4.32. The number of phenolic OH excluding ortho intramolecular Hbond substituents is 1. The average Bonchev–Trinajstić information content (AvgIpc) is 2.76. The first-order chi connectivity index (χ1) is 18.1. The molecule has 0 unspecified atom stereocenters. The van der Waals surface area contributed by atoms with Crippen molar-refractivity contribution in [2.75, 3.05) is 0 Å². The van der Waals surface area contributed by atoms with Gasteiger partial charge in [0.1, 0.15) is 23.0 Å². The first-order valence-corrected chi connectivity index (χ1v) is 15.3. The van der Waals surface area contributed by atoms with Crippen LogP contribution >= 0.6 is 7.82 Å². The molecule has 0 amide bonds. The molecule has 0 aliphatic carbocycles. The van der Waals surface area contributed by atoms with Crippen LogP contribution in [0.4, 0.5) is 0 Å². The molecule has 0 aliphatic rings. The minimum absolute atomic E-state index is 0.0149. The Bertz CT molecular complexity index is 1310. The molecule has 0 spiro atoms. The van der Waals surface area contributed by atoms with Gasteiger partial charge in [-0.25, -0.2) is 0 Å². The summed E-state index contributed by atoms with van der Waals surface area (Å²) in [5, 5.41) is 10.1. The van der Waals surface area contributed by atoms with Crippen LogP contribution in [-0.4, -0.2) is 5.11 Å². The van der Waals surface area contributed by atoms with Crippen molar-refractivity contribution >= 4 is 7.82 Å². The maximum absolute atomic E-state index is 14.6. The minimum Gasteiger partial charge on any atom is -0.508 e. The van der Waals surface area contributed by atoms with Crippen LogP contribution in [0.3, 0.4) is 0 Å². The summed E-state index contributed by atoms with van der Waals surface area (Å²) in [5.74, 6) is 1.01. The molecule has 0 radical (unpaired) electrons. The second-order valence-corrected chi connectivity index (χ2v) is 16.1. The molecule has 0 fully saturated rings. The van der Waals surface area contributed by atoms with Crippen molar-refractivity contribution in [3.63, 3.8) is 0 Å². The predicted molar refractivity (Wildman–Crippen MR) is 165 cm³/mol. The van der Waals surface area contributed by atoms with Crippen molar-refractivity contribution in [1.82, 2.24) is 0 Å².